The number of allylic oxidation sites excluding steroid dienone is 2. The minimum Gasteiger partial charge on any atom is -0.435 e. The van der Waals surface area contributed by atoms with Gasteiger partial charge in [-0.2, -0.15) is 8.78 Å². The number of hydrogen-bond donors (Lipinski definition) is 1. The van der Waals surface area contributed by atoms with E-state index in [4.69, 9.17) is 0 Å². The Balaban J connectivity index is 1.41. The number of aliphatic hydroxyl groups excluding tert-OH is 1. The Bertz CT molecular complexity index is 966. The van der Waals surface area contributed by atoms with Crippen molar-refractivity contribution in [3.05, 3.63) is 47.1 Å². The van der Waals surface area contributed by atoms with Crippen molar-refractivity contribution < 1.29 is 23.4 Å². The van der Waals surface area contributed by atoms with Gasteiger partial charge in [-0.3, -0.25) is 4.79 Å². The lowest BCUT2D eigenvalue weighted by Gasteiger charge is -2.56. The lowest BCUT2D eigenvalue weighted by Crippen LogP contribution is -2.50. The minimum atomic E-state index is -2.84. The topological polar surface area (TPSA) is 46.5 Å². The van der Waals surface area contributed by atoms with E-state index in [-0.39, 0.29) is 28.5 Å². The van der Waals surface area contributed by atoms with Crippen LogP contribution in [0.3, 0.4) is 0 Å². The fourth-order valence-corrected chi connectivity index (χ4v) is 7.39. The van der Waals surface area contributed by atoms with Crippen LogP contribution >= 0.6 is 0 Å². The quantitative estimate of drug-likeness (QED) is 0.450. The van der Waals surface area contributed by atoms with Gasteiger partial charge in [-0.05, 0) is 97.5 Å². The van der Waals surface area contributed by atoms with Crippen LogP contribution in [0.15, 0.2) is 41.5 Å². The molecule has 0 saturated heterocycles. The Labute approximate surface area is 188 Å². The summed E-state index contributed by atoms with van der Waals surface area (Å²) < 4.78 is 29.2. The highest BCUT2D eigenvalue weighted by molar-refractivity contribution is 6.05. The third-order valence-corrected chi connectivity index (χ3v) is 9.16. The van der Waals surface area contributed by atoms with Crippen molar-refractivity contribution >= 4 is 11.9 Å². The summed E-state index contributed by atoms with van der Waals surface area (Å²) >= 11 is 0. The lowest BCUT2D eigenvalue weighted by atomic mass is 9.48. The maximum absolute atomic E-state index is 13.5. The number of ketones is 1. The molecule has 6 atom stereocenters. The molecular weight excluding hydrogens is 410 g/mol. The molecule has 1 N–H and O–H groups in total. The molecule has 0 heterocycles. The Morgan fingerprint density at radius 1 is 1.06 bits per heavy atom. The largest absolute Gasteiger partial charge is 0.435 e. The van der Waals surface area contributed by atoms with Gasteiger partial charge in [0, 0.05) is 5.41 Å². The van der Waals surface area contributed by atoms with E-state index in [9.17, 15) is 18.7 Å². The summed E-state index contributed by atoms with van der Waals surface area (Å²) in [5.74, 6) is 1.79. The Kier molecular flexibility index (Phi) is 5.31. The van der Waals surface area contributed by atoms with Gasteiger partial charge in [0.15, 0.2) is 5.78 Å². The lowest BCUT2D eigenvalue weighted by molar-refractivity contribution is -0.130. The highest BCUT2D eigenvalue weighted by atomic mass is 19.3. The first-order chi connectivity index (χ1) is 15.2. The van der Waals surface area contributed by atoms with Gasteiger partial charge in [-0.15, -0.1) is 0 Å². The predicted molar refractivity (Wildman–Crippen MR) is 119 cm³/mol. The van der Waals surface area contributed by atoms with E-state index in [1.54, 1.807) is 12.1 Å². The summed E-state index contributed by atoms with van der Waals surface area (Å²) in [5, 5.41) is 10.2. The molecule has 1 aromatic rings. The predicted octanol–water partition coefficient (Wildman–Crippen LogP) is 6.17. The molecule has 3 saturated carbocycles. The zero-order valence-corrected chi connectivity index (χ0v) is 18.8. The number of halogens is 2. The fourth-order valence-electron chi connectivity index (χ4n) is 7.39. The molecule has 3 nitrogen and oxygen atoms in total. The van der Waals surface area contributed by atoms with Crippen molar-refractivity contribution in [2.75, 3.05) is 0 Å². The Hall–Kier alpha value is -2.01. The number of carbonyl (C=O) groups is 1. The van der Waals surface area contributed by atoms with Gasteiger partial charge >= 0.3 is 6.61 Å². The Morgan fingerprint density at radius 2 is 1.78 bits per heavy atom. The van der Waals surface area contributed by atoms with Crippen LogP contribution in [0.4, 0.5) is 8.78 Å². The SMILES string of the molecule is C[C@@]12CC[C@@H]3[C@H](CC=C4C[C@@H](O)CC[C@@]43C)[C@H]1C/C(=C\c1ccc(OC(F)F)cc1)C2=O. The van der Waals surface area contributed by atoms with E-state index >= 15 is 0 Å². The zero-order chi connectivity index (χ0) is 22.7. The first kappa shape index (κ1) is 21.8. The first-order valence-electron chi connectivity index (χ1n) is 11.9. The highest BCUT2D eigenvalue weighted by Gasteiger charge is 2.59. The number of carbonyl (C=O) groups excluding carboxylic acids is 1. The van der Waals surface area contributed by atoms with Gasteiger partial charge in [0.05, 0.1) is 6.10 Å². The van der Waals surface area contributed by atoms with Crippen LogP contribution in [0.2, 0.25) is 0 Å². The maximum atomic E-state index is 13.5. The zero-order valence-electron chi connectivity index (χ0n) is 18.8. The molecule has 5 rings (SSSR count). The molecule has 5 heteroatoms. The number of fused-ring (bicyclic) bond motifs is 5. The van der Waals surface area contributed by atoms with E-state index in [0.717, 1.165) is 56.1 Å². The number of aliphatic hydroxyl groups is 1. The van der Waals surface area contributed by atoms with Gasteiger partial charge < -0.3 is 9.84 Å². The summed E-state index contributed by atoms with van der Waals surface area (Å²) in [7, 11) is 0. The molecule has 4 aliphatic rings. The number of alkyl halides is 2. The second-order valence-electron chi connectivity index (χ2n) is 10.8. The molecule has 0 amide bonds. The second-order valence-corrected chi connectivity index (χ2v) is 10.8. The molecule has 0 bridgehead atoms. The van der Waals surface area contributed by atoms with Crippen molar-refractivity contribution in [1.82, 2.24) is 0 Å². The number of benzene rings is 1. The van der Waals surface area contributed by atoms with E-state index in [1.807, 2.05) is 6.08 Å². The maximum Gasteiger partial charge on any atom is 0.387 e. The van der Waals surface area contributed by atoms with Crippen LogP contribution in [0, 0.1) is 28.6 Å². The number of ether oxygens (including phenoxy) is 1. The van der Waals surface area contributed by atoms with Gasteiger partial charge in [-0.25, -0.2) is 0 Å². The summed E-state index contributed by atoms with van der Waals surface area (Å²) in [5.41, 5.74) is 2.97. The molecule has 3 fully saturated rings. The van der Waals surface area contributed by atoms with Crippen molar-refractivity contribution in [1.29, 1.82) is 0 Å². The van der Waals surface area contributed by atoms with Gasteiger partial charge in [0.25, 0.3) is 0 Å². The molecule has 0 radical (unpaired) electrons. The van der Waals surface area contributed by atoms with Crippen molar-refractivity contribution in [3.8, 4) is 5.75 Å². The van der Waals surface area contributed by atoms with Crippen LogP contribution in [0.1, 0.15) is 64.4 Å². The molecule has 0 aromatic heterocycles. The van der Waals surface area contributed by atoms with Crippen LogP contribution < -0.4 is 4.74 Å². The van der Waals surface area contributed by atoms with Gasteiger partial charge in [0.1, 0.15) is 5.75 Å². The highest BCUT2D eigenvalue weighted by Crippen LogP contribution is 2.64. The summed E-state index contributed by atoms with van der Waals surface area (Å²) in [6.07, 6.45) is 10.6. The van der Waals surface area contributed by atoms with Crippen LogP contribution in [-0.2, 0) is 4.79 Å². The van der Waals surface area contributed by atoms with Gasteiger partial charge in [0.2, 0.25) is 0 Å². The number of hydrogen-bond acceptors (Lipinski definition) is 3. The summed E-state index contributed by atoms with van der Waals surface area (Å²) in [6.45, 7) is 1.70. The molecule has 0 aliphatic heterocycles. The molecule has 4 aliphatic carbocycles. The van der Waals surface area contributed by atoms with E-state index in [1.165, 1.54) is 17.7 Å². The molecular formula is C27H32F2O3. The molecule has 0 unspecified atom stereocenters. The Morgan fingerprint density at radius 3 is 2.50 bits per heavy atom. The fraction of sp³-hybridized carbons (Fsp3) is 0.593. The smallest absolute Gasteiger partial charge is 0.387 e. The molecule has 172 valence electrons. The summed E-state index contributed by atoms with van der Waals surface area (Å²) in [4.78, 5) is 13.5. The van der Waals surface area contributed by atoms with Crippen molar-refractivity contribution in [2.45, 2.75) is 71.5 Å². The van der Waals surface area contributed by atoms with Crippen LogP contribution in [-0.4, -0.2) is 23.6 Å². The molecule has 1 aromatic carbocycles. The third-order valence-electron chi connectivity index (χ3n) is 9.16. The number of rotatable bonds is 3. The van der Waals surface area contributed by atoms with Crippen LogP contribution in [0.25, 0.3) is 6.08 Å². The van der Waals surface area contributed by atoms with Gasteiger partial charge in [-0.1, -0.05) is 37.6 Å². The third kappa shape index (κ3) is 3.44. The average Bonchev–Trinajstić information content (AvgIpc) is 3.00. The van der Waals surface area contributed by atoms with E-state index < -0.39 is 6.61 Å². The van der Waals surface area contributed by atoms with Crippen molar-refractivity contribution in [3.63, 3.8) is 0 Å². The molecule has 0 spiro atoms. The molecule has 32 heavy (non-hydrogen) atoms. The van der Waals surface area contributed by atoms with E-state index in [2.05, 4.69) is 24.7 Å². The van der Waals surface area contributed by atoms with E-state index in [0.29, 0.717) is 17.8 Å². The average molecular weight is 443 g/mol. The monoisotopic (exact) mass is 442 g/mol. The normalized spacial score (nSPS) is 40.0. The minimum absolute atomic E-state index is 0.124. The second kappa shape index (κ2) is 7.79. The summed E-state index contributed by atoms with van der Waals surface area (Å²) in [6, 6.07) is 6.51. The standard InChI is InChI=1S/C27H32F2O3/c1-26-11-9-19(30)15-18(26)5-8-21-22(26)10-12-27(2)23(21)14-17(24(27)31)13-16-3-6-20(7-4-16)32-25(28)29/h3-7,13,19,21-23,25,30H,8-12,14-15H2,1-2H3/b17-13+/t19-,21-,22+,23+,26-,27+/m0/s1. The van der Waals surface area contributed by atoms with Crippen molar-refractivity contribution in [2.24, 2.45) is 28.6 Å². The first-order valence-corrected chi connectivity index (χ1v) is 11.9. The van der Waals surface area contributed by atoms with Crippen LogP contribution in [0.5, 0.6) is 5.75 Å². The number of Topliss-reactive ketones (excluding diaryl/α,β-unsaturated/α-hetero) is 1.